The van der Waals surface area contributed by atoms with Gasteiger partial charge in [-0.15, -0.1) is 12.3 Å². The maximum Gasteiger partial charge on any atom is 0.340 e. The van der Waals surface area contributed by atoms with Crippen molar-refractivity contribution in [2.75, 3.05) is 18.6 Å². The SMILES string of the molecule is C#CC1CC(=O)N(c2c(Cl)cccc2C(=O)OC)C1. The standard InChI is InChI=1S/C14H12ClNO3/c1-3-9-7-12(17)16(8-9)13-10(14(18)19-2)5-4-6-11(13)15/h1,4-6,9H,7-8H2,2H3. The quantitative estimate of drug-likeness (QED) is 0.614. The molecule has 0 bridgehead atoms. The summed E-state index contributed by atoms with van der Waals surface area (Å²) in [6.07, 6.45) is 5.61. The highest BCUT2D eigenvalue weighted by Gasteiger charge is 2.33. The lowest BCUT2D eigenvalue weighted by atomic mass is 10.1. The Labute approximate surface area is 116 Å². The van der Waals surface area contributed by atoms with Gasteiger partial charge in [0.1, 0.15) is 0 Å². The molecule has 1 unspecified atom stereocenters. The van der Waals surface area contributed by atoms with Crippen LogP contribution < -0.4 is 4.90 Å². The first-order valence-corrected chi connectivity index (χ1v) is 6.09. The predicted octanol–water partition coefficient (Wildman–Crippen LogP) is 2.11. The molecule has 1 atom stereocenters. The van der Waals surface area contributed by atoms with Crippen molar-refractivity contribution in [3.05, 3.63) is 28.8 Å². The second-order valence-corrected chi connectivity index (χ2v) is 4.61. The molecular weight excluding hydrogens is 266 g/mol. The van der Waals surface area contributed by atoms with Gasteiger partial charge in [-0.1, -0.05) is 17.7 Å². The number of amides is 1. The average Bonchev–Trinajstić information content (AvgIpc) is 2.78. The molecule has 2 rings (SSSR count). The molecule has 98 valence electrons. The Morgan fingerprint density at radius 2 is 2.32 bits per heavy atom. The van der Waals surface area contributed by atoms with Gasteiger partial charge in [0.05, 0.1) is 23.4 Å². The Morgan fingerprint density at radius 1 is 1.58 bits per heavy atom. The van der Waals surface area contributed by atoms with Gasteiger partial charge in [-0.3, -0.25) is 4.79 Å². The summed E-state index contributed by atoms with van der Waals surface area (Å²) < 4.78 is 4.70. The number of ether oxygens (including phenoxy) is 1. The minimum Gasteiger partial charge on any atom is -0.465 e. The predicted molar refractivity (Wildman–Crippen MR) is 72.1 cm³/mol. The second kappa shape index (κ2) is 5.33. The van der Waals surface area contributed by atoms with E-state index < -0.39 is 5.97 Å². The third-order valence-electron chi connectivity index (χ3n) is 3.02. The number of halogens is 1. The van der Waals surface area contributed by atoms with E-state index in [2.05, 4.69) is 5.92 Å². The monoisotopic (exact) mass is 277 g/mol. The second-order valence-electron chi connectivity index (χ2n) is 4.20. The molecule has 0 saturated carbocycles. The van der Waals surface area contributed by atoms with E-state index in [1.807, 2.05) is 0 Å². The van der Waals surface area contributed by atoms with Gasteiger partial charge in [0.2, 0.25) is 5.91 Å². The first kappa shape index (κ1) is 13.4. The molecule has 19 heavy (non-hydrogen) atoms. The summed E-state index contributed by atoms with van der Waals surface area (Å²) in [5, 5.41) is 0.328. The Morgan fingerprint density at radius 3 is 2.89 bits per heavy atom. The molecule has 1 aromatic carbocycles. The highest BCUT2D eigenvalue weighted by atomic mass is 35.5. The number of anilines is 1. The Kier molecular flexibility index (Phi) is 3.77. The third-order valence-corrected chi connectivity index (χ3v) is 3.33. The van der Waals surface area contributed by atoms with E-state index in [1.54, 1.807) is 18.2 Å². The Balaban J connectivity index is 2.48. The van der Waals surface area contributed by atoms with E-state index in [1.165, 1.54) is 12.0 Å². The van der Waals surface area contributed by atoms with Crippen molar-refractivity contribution in [3.8, 4) is 12.3 Å². The summed E-state index contributed by atoms with van der Waals surface area (Å²) >= 11 is 6.11. The van der Waals surface area contributed by atoms with Crippen LogP contribution in [0.3, 0.4) is 0 Å². The van der Waals surface area contributed by atoms with Crippen molar-refractivity contribution >= 4 is 29.2 Å². The summed E-state index contributed by atoms with van der Waals surface area (Å²) in [5.74, 6) is 1.73. The zero-order chi connectivity index (χ0) is 14.0. The Hall–Kier alpha value is -1.99. The normalized spacial score (nSPS) is 18.3. The molecule has 1 saturated heterocycles. The number of terminal acetylenes is 1. The van der Waals surface area contributed by atoms with Gasteiger partial charge in [-0.05, 0) is 12.1 Å². The van der Waals surface area contributed by atoms with Crippen LogP contribution in [0, 0.1) is 18.3 Å². The summed E-state index contributed by atoms with van der Waals surface area (Å²) in [4.78, 5) is 25.2. The van der Waals surface area contributed by atoms with Gasteiger partial charge in [0.15, 0.2) is 0 Å². The maximum atomic E-state index is 12.0. The number of esters is 1. The van der Waals surface area contributed by atoms with Crippen LogP contribution in [0.5, 0.6) is 0 Å². The van der Waals surface area contributed by atoms with E-state index in [9.17, 15) is 9.59 Å². The molecule has 1 aliphatic heterocycles. The molecule has 0 spiro atoms. The molecule has 1 aliphatic rings. The minimum absolute atomic E-state index is 0.138. The number of hydrogen-bond acceptors (Lipinski definition) is 3. The zero-order valence-corrected chi connectivity index (χ0v) is 11.1. The molecule has 5 heteroatoms. The highest BCUT2D eigenvalue weighted by Crippen LogP contribution is 2.34. The first-order valence-electron chi connectivity index (χ1n) is 5.71. The molecular formula is C14H12ClNO3. The summed E-state index contributed by atoms with van der Waals surface area (Å²) in [5.41, 5.74) is 0.639. The number of carbonyl (C=O) groups is 2. The lowest BCUT2D eigenvalue weighted by Gasteiger charge is -2.20. The van der Waals surface area contributed by atoms with Crippen LogP contribution in [0.2, 0.25) is 5.02 Å². The van der Waals surface area contributed by atoms with E-state index in [4.69, 9.17) is 22.8 Å². The lowest BCUT2D eigenvalue weighted by Crippen LogP contribution is -2.27. The van der Waals surface area contributed by atoms with Crippen LogP contribution in [0.25, 0.3) is 0 Å². The van der Waals surface area contributed by atoms with E-state index >= 15 is 0 Å². The molecule has 0 aromatic heterocycles. The Bertz CT molecular complexity index is 577. The van der Waals surface area contributed by atoms with Crippen molar-refractivity contribution in [2.24, 2.45) is 5.92 Å². The molecule has 1 heterocycles. The zero-order valence-electron chi connectivity index (χ0n) is 10.4. The molecule has 1 aromatic rings. The van der Waals surface area contributed by atoms with Crippen molar-refractivity contribution in [1.29, 1.82) is 0 Å². The van der Waals surface area contributed by atoms with Crippen LogP contribution >= 0.6 is 11.6 Å². The van der Waals surface area contributed by atoms with Crippen LogP contribution in [0.4, 0.5) is 5.69 Å². The van der Waals surface area contributed by atoms with Crippen LogP contribution in [0.1, 0.15) is 16.8 Å². The number of hydrogen-bond donors (Lipinski definition) is 0. The average molecular weight is 278 g/mol. The van der Waals surface area contributed by atoms with Crippen molar-refractivity contribution in [2.45, 2.75) is 6.42 Å². The maximum absolute atomic E-state index is 12.0. The number of methoxy groups -OCH3 is 1. The van der Waals surface area contributed by atoms with Gasteiger partial charge in [-0.25, -0.2) is 4.79 Å². The lowest BCUT2D eigenvalue weighted by molar-refractivity contribution is -0.117. The molecule has 0 aliphatic carbocycles. The summed E-state index contributed by atoms with van der Waals surface area (Å²) in [7, 11) is 1.28. The fourth-order valence-electron chi connectivity index (χ4n) is 2.10. The topological polar surface area (TPSA) is 46.6 Å². The van der Waals surface area contributed by atoms with Gasteiger partial charge >= 0.3 is 5.97 Å². The number of para-hydroxylation sites is 1. The fraction of sp³-hybridized carbons (Fsp3) is 0.286. The van der Waals surface area contributed by atoms with Gasteiger partial charge < -0.3 is 9.64 Å². The van der Waals surface area contributed by atoms with Crippen LogP contribution in [0.15, 0.2) is 18.2 Å². The number of carbonyl (C=O) groups excluding carboxylic acids is 2. The van der Waals surface area contributed by atoms with Crippen molar-refractivity contribution < 1.29 is 14.3 Å². The first-order chi connectivity index (χ1) is 9.08. The fourth-order valence-corrected chi connectivity index (χ4v) is 2.38. The van der Waals surface area contributed by atoms with Gasteiger partial charge in [-0.2, -0.15) is 0 Å². The third kappa shape index (κ3) is 2.42. The summed E-state index contributed by atoms with van der Waals surface area (Å²) in [6, 6.07) is 4.83. The smallest absolute Gasteiger partial charge is 0.340 e. The van der Waals surface area contributed by atoms with Crippen molar-refractivity contribution in [3.63, 3.8) is 0 Å². The molecule has 1 fully saturated rings. The van der Waals surface area contributed by atoms with Crippen LogP contribution in [-0.2, 0) is 9.53 Å². The molecule has 4 nitrogen and oxygen atoms in total. The van der Waals surface area contributed by atoms with Crippen molar-refractivity contribution in [1.82, 2.24) is 0 Å². The van der Waals surface area contributed by atoms with E-state index in [0.29, 0.717) is 17.3 Å². The van der Waals surface area contributed by atoms with Crippen LogP contribution in [-0.4, -0.2) is 25.5 Å². The molecule has 0 N–H and O–H groups in total. The largest absolute Gasteiger partial charge is 0.465 e. The number of rotatable bonds is 2. The molecule has 0 radical (unpaired) electrons. The summed E-state index contributed by atoms with van der Waals surface area (Å²) in [6.45, 7) is 0.364. The highest BCUT2D eigenvalue weighted by molar-refractivity contribution is 6.34. The van der Waals surface area contributed by atoms with Gasteiger partial charge in [0.25, 0.3) is 0 Å². The number of benzene rings is 1. The van der Waals surface area contributed by atoms with E-state index in [-0.39, 0.29) is 23.8 Å². The molecule has 1 amide bonds. The number of nitrogens with zero attached hydrogens (tertiary/aromatic N) is 1. The minimum atomic E-state index is -0.533. The van der Waals surface area contributed by atoms with Gasteiger partial charge in [0, 0.05) is 18.9 Å². The van der Waals surface area contributed by atoms with E-state index in [0.717, 1.165) is 0 Å².